The molecule has 0 atom stereocenters. The summed E-state index contributed by atoms with van der Waals surface area (Å²) in [5, 5.41) is 0.533. The van der Waals surface area contributed by atoms with Gasteiger partial charge >= 0.3 is 0 Å². The van der Waals surface area contributed by atoms with E-state index in [4.69, 9.17) is 21.8 Å². The molecule has 0 aliphatic carbocycles. The van der Waals surface area contributed by atoms with E-state index in [9.17, 15) is 22.0 Å². The Morgan fingerprint density at radius 3 is 2.34 bits per heavy atom. The van der Waals surface area contributed by atoms with Crippen molar-refractivity contribution in [3.63, 3.8) is 0 Å². The third-order valence-corrected chi connectivity index (χ3v) is 8.70. The first-order valence-corrected chi connectivity index (χ1v) is 14.0. The van der Waals surface area contributed by atoms with E-state index in [1.165, 1.54) is 22.8 Å². The van der Waals surface area contributed by atoms with Gasteiger partial charge in [0.25, 0.3) is 5.56 Å². The summed E-state index contributed by atoms with van der Waals surface area (Å²) in [6, 6.07) is 9.42. The molecule has 38 heavy (non-hydrogen) atoms. The maximum Gasteiger partial charge on any atom is 0.255 e. The largest absolute Gasteiger partial charge is 0.438 e. The molecule has 1 aliphatic rings. The number of sulfone groups is 1. The van der Waals surface area contributed by atoms with Gasteiger partial charge in [-0.2, -0.15) is 0 Å². The van der Waals surface area contributed by atoms with Crippen LogP contribution >= 0.6 is 11.6 Å². The lowest BCUT2D eigenvalue weighted by molar-refractivity contribution is 0.305. The first kappa shape index (κ1) is 26.3. The van der Waals surface area contributed by atoms with Crippen LogP contribution in [0.4, 0.5) is 8.78 Å². The van der Waals surface area contributed by atoms with Gasteiger partial charge in [0.1, 0.15) is 27.2 Å². The molecule has 11 heteroatoms. The van der Waals surface area contributed by atoms with Crippen LogP contribution < -0.4 is 11.3 Å². The van der Waals surface area contributed by atoms with Crippen LogP contribution in [0.15, 0.2) is 57.9 Å². The van der Waals surface area contributed by atoms with Crippen molar-refractivity contribution in [2.75, 3.05) is 11.5 Å². The van der Waals surface area contributed by atoms with Crippen LogP contribution in [0, 0.1) is 25.5 Å². The Balaban J connectivity index is 1.71. The van der Waals surface area contributed by atoms with Gasteiger partial charge in [0.2, 0.25) is 5.89 Å². The zero-order valence-electron chi connectivity index (χ0n) is 20.6. The fourth-order valence-corrected chi connectivity index (χ4v) is 6.67. The van der Waals surface area contributed by atoms with Gasteiger partial charge in [0, 0.05) is 28.9 Å². The minimum absolute atomic E-state index is 0.00879. The molecular weight excluding hydrogens is 536 g/mol. The van der Waals surface area contributed by atoms with Crippen molar-refractivity contribution in [2.24, 2.45) is 5.73 Å². The van der Waals surface area contributed by atoms with E-state index in [0.29, 0.717) is 16.3 Å². The third kappa shape index (κ3) is 4.79. The summed E-state index contributed by atoms with van der Waals surface area (Å²) < 4.78 is 60.1. The molecule has 1 fully saturated rings. The minimum atomic E-state index is -3.23. The fraction of sp³-hybridized carbons (Fsp3) is 0.259. The van der Waals surface area contributed by atoms with Crippen LogP contribution in [0.2, 0.25) is 5.02 Å². The number of pyridine rings is 1. The zero-order valence-corrected chi connectivity index (χ0v) is 22.2. The second kappa shape index (κ2) is 9.44. The van der Waals surface area contributed by atoms with Crippen molar-refractivity contribution in [3.05, 3.63) is 92.7 Å². The summed E-state index contributed by atoms with van der Waals surface area (Å²) in [6.07, 6.45) is 1.71. The summed E-state index contributed by atoms with van der Waals surface area (Å²) in [4.78, 5) is 17.5. The molecule has 1 saturated heterocycles. The monoisotopic (exact) mass is 559 g/mol. The standard InChI is InChI=1S/C27H24ClF2N3O4S/c1-15-11-18(28)12-16(2)24(15)33-14-17(3-6-22(33)34)23-25(20-5-4-19(29)13-21(20)30)37-26(32-23)27(31)7-9-38(35,36)10-8-27/h3-6,11-14H,7-10,31H2,1-2H3. The molecule has 1 aliphatic heterocycles. The average molecular weight is 560 g/mol. The highest BCUT2D eigenvalue weighted by atomic mass is 35.5. The lowest BCUT2D eigenvalue weighted by Gasteiger charge is -2.29. The minimum Gasteiger partial charge on any atom is -0.438 e. The first-order chi connectivity index (χ1) is 17.9. The Hall–Kier alpha value is -3.34. The van der Waals surface area contributed by atoms with Crippen LogP contribution in [0.5, 0.6) is 0 Å². The summed E-state index contributed by atoms with van der Waals surface area (Å²) in [6.45, 7) is 3.66. The van der Waals surface area contributed by atoms with Crippen LogP contribution in [-0.4, -0.2) is 29.5 Å². The summed E-state index contributed by atoms with van der Waals surface area (Å²) >= 11 is 6.18. The number of oxazole rings is 1. The van der Waals surface area contributed by atoms with Gasteiger partial charge in [0.05, 0.1) is 28.3 Å². The van der Waals surface area contributed by atoms with Crippen molar-refractivity contribution >= 4 is 21.4 Å². The Morgan fingerprint density at radius 1 is 1.05 bits per heavy atom. The number of benzene rings is 2. The van der Waals surface area contributed by atoms with Crippen molar-refractivity contribution in [3.8, 4) is 28.3 Å². The molecule has 5 rings (SSSR count). The van der Waals surface area contributed by atoms with Crippen LogP contribution in [0.3, 0.4) is 0 Å². The van der Waals surface area contributed by atoms with Gasteiger partial charge < -0.3 is 10.2 Å². The highest BCUT2D eigenvalue weighted by molar-refractivity contribution is 7.91. The Labute approximate surface area is 222 Å². The van der Waals surface area contributed by atoms with E-state index >= 15 is 0 Å². The second-order valence-electron chi connectivity index (χ2n) is 9.64. The van der Waals surface area contributed by atoms with Gasteiger partial charge in [-0.15, -0.1) is 0 Å². The molecule has 0 saturated carbocycles. The zero-order chi connectivity index (χ0) is 27.4. The van der Waals surface area contributed by atoms with Crippen molar-refractivity contribution < 1.29 is 21.6 Å². The summed E-state index contributed by atoms with van der Waals surface area (Å²) in [5.41, 5.74) is 7.76. The topological polar surface area (TPSA) is 108 Å². The fourth-order valence-electron chi connectivity index (χ4n) is 4.79. The van der Waals surface area contributed by atoms with Gasteiger partial charge in [-0.3, -0.25) is 9.36 Å². The SMILES string of the molecule is Cc1cc(Cl)cc(C)c1-n1cc(-c2nc(C3(N)CCS(=O)(=O)CC3)oc2-c2ccc(F)cc2F)ccc1=O. The normalized spacial score (nSPS) is 16.5. The highest BCUT2D eigenvalue weighted by Crippen LogP contribution is 2.39. The van der Waals surface area contributed by atoms with E-state index in [0.717, 1.165) is 23.3 Å². The number of nitrogens with zero attached hydrogens (tertiary/aromatic N) is 2. The van der Waals surface area contributed by atoms with Crippen molar-refractivity contribution in [1.82, 2.24) is 9.55 Å². The van der Waals surface area contributed by atoms with E-state index in [2.05, 4.69) is 4.98 Å². The molecular formula is C27H24ClF2N3O4S. The van der Waals surface area contributed by atoms with Crippen molar-refractivity contribution in [2.45, 2.75) is 32.2 Å². The van der Waals surface area contributed by atoms with Crippen LogP contribution in [-0.2, 0) is 15.4 Å². The predicted molar refractivity (Wildman–Crippen MR) is 141 cm³/mol. The molecule has 0 amide bonds. The molecule has 2 aromatic heterocycles. The average Bonchev–Trinajstić information content (AvgIpc) is 3.28. The van der Waals surface area contributed by atoms with Gasteiger partial charge in [-0.05, 0) is 68.1 Å². The lowest BCUT2D eigenvalue weighted by atomic mass is 9.93. The van der Waals surface area contributed by atoms with Gasteiger partial charge in [-0.1, -0.05) is 11.6 Å². The first-order valence-electron chi connectivity index (χ1n) is 11.8. The second-order valence-corrected chi connectivity index (χ2v) is 12.4. The molecule has 0 spiro atoms. The number of nitrogens with two attached hydrogens (primary N) is 1. The Bertz CT molecular complexity index is 1710. The molecule has 4 aromatic rings. The van der Waals surface area contributed by atoms with Gasteiger partial charge in [-0.25, -0.2) is 22.2 Å². The number of hydrogen-bond donors (Lipinski definition) is 1. The maximum absolute atomic E-state index is 14.9. The van der Waals surface area contributed by atoms with E-state index in [-0.39, 0.29) is 52.8 Å². The molecule has 2 N–H and O–H groups in total. The molecule has 3 heterocycles. The Morgan fingerprint density at radius 2 is 1.71 bits per heavy atom. The number of aromatic nitrogens is 2. The number of halogens is 3. The number of hydrogen-bond acceptors (Lipinski definition) is 6. The van der Waals surface area contributed by atoms with E-state index in [1.54, 1.807) is 18.3 Å². The molecule has 2 aromatic carbocycles. The smallest absolute Gasteiger partial charge is 0.255 e. The summed E-state index contributed by atoms with van der Waals surface area (Å²) in [5.74, 6) is -1.88. The number of aryl methyl sites for hydroxylation is 2. The summed E-state index contributed by atoms with van der Waals surface area (Å²) in [7, 11) is -3.23. The molecule has 0 bridgehead atoms. The predicted octanol–water partition coefficient (Wildman–Crippen LogP) is 5.07. The highest BCUT2D eigenvalue weighted by Gasteiger charge is 2.40. The van der Waals surface area contributed by atoms with E-state index in [1.807, 2.05) is 13.8 Å². The molecule has 198 valence electrons. The molecule has 0 unspecified atom stereocenters. The van der Waals surface area contributed by atoms with E-state index < -0.39 is 27.0 Å². The lowest BCUT2D eigenvalue weighted by Crippen LogP contribution is -2.44. The Kier molecular flexibility index (Phi) is 6.53. The van der Waals surface area contributed by atoms with Crippen molar-refractivity contribution in [1.29, 1.82) is 0 Å². The molecule has 7 nitrogen and oxygen atoms in total. The third-order valence-electron chi connectivity index (χ3n) is 6.83. The van der Waals surface area contributed by atoms with Crippen LogP contribution in [0.25, 0.3) is 28.3 Å². The van der Waals surface area contributed by atoms with Crippen LogP contribution in [0.1, 0.15) is 29.9 Å². The quantitative estimate of drug-likeness (QED) is 0.374. The van der Waals surface area contributed by atoms with Gasteiger partial charge in [0.15, 0.2) is 5.76 Å². The molecule has 0 radical (unpaired) electrons. The maximum atomic E-state index is 14.9. The number of rotatable bonds is 4.